The summed E-state index contributed by atoms with van der Waals surface area (Å²) in [6.07, 6.45) is 0.234. The number of carbonyl (C=O) groups is 1. The van der Waals surface area contributed by atoms with Gasteiger partial charge in [-0.25, -0.2) is 4.98 Å². The number of thiazole rings is 1. The second-order valence-electron chi connectivity index (χ2n) is 3.25. The largest absolute Gasteiger partial charge is 0.466 e. The Kier molecular flexibility index (Phi) is 6.57. The Morgan fingerprint density at radius 2 is 2.29 bits per heavy atom. The van der Waals surface area contributed by atoms with Gasteiger partial charge in [0.2, 0.25) is 0 Å². The fourth-order valence-electron chi connectivity index (χ4n) is 1.20. The molecule has 6 heteroatoms. The van der Waals surface area contributed by atoms with E-state index in [4.69, 9.17) is 9.47 Å². The van der Waals surface area contributed by atoms with E-state index in [1.54, 1.807) is 6.92 Å². The molecule has 0 radical (unpaired) electrons. The van der Waals surface area contributed by atoms with E-state index in [0.717, 1.165) is 17.4 Å². The second-order valence-corrected chi connectivity index (χ2v) is 4.11. The molecule has 0 atom stereocenters. The molecule has 5 nitrogen and oxygen atoms in total. The molecule has 1 heterocycles. The van der Waals surface area contributed by atoms with Gasteiger partial charge in [-0.1, -0.05) is 0 Å². The van der Waals surface area contributed by atoms with Crippen LogP contribution < -0.4 is 5.32 Å². The van der Waals surface area contributed by atoms with Gasteiger partial charge in [-0.2, -0.15) is 0 Å². The maximum absolute atomic E-state index is 11.2. The molecule has 0 amide bonds. The predicted octanol–water partition coefficient (Wildman–Crippen LogP) is 1.70. The molecule has 0 aromatic carbocycles. The molecule has 0 aliphatic rings. The topological polar surface area (TPSA) is 60.5 Å². The molecule has 0 spiro atoms. The van der Waals surface area contributed by atoms with Crippen LogP contribution in [0.2, 0.25) is 0 Å². The van der Waals surface area contributed by atoms with Gasteiger partial charge in [0.1, 0.15) is 0 Å². The molecule has 0 saturated heterocycles. The van der Waals surface area contributed by atoms with E-state index in [1.807, 2.05) is 12.3 Å². The van der Waals surface area contributed by atoms with Crippen LogP contribution in [0.25, 0.3) is 0 Å². The number of esters is 1. The number of ether oxygens (including phenoxy) is 2. The summed E-state index contributed by atoms with van der Waals surface area (Å²) >= 11 is 1.48. The zero-order chi connectivity index (χ0) is 12.5. The van der Waals surface area contributed by atoms with Crippen molar-refractivity contribution < 1.29 is 14.3 Å². The highest BCUT2D eigenvalue weighted by Gasteiger charge is 2.07. The van der Waals surface area contributed by atoms with Gasteiger partial charge < -0.3 is 14.8 Å². The first-order valence-electron chi connectivity index (χ1n) is 5.67. The lowest BCUT2D eigenvalue weighted by atomic mass is 10.3. The van der Waals surface area contributed by atoms with Gasteiger partial charge in [0.15, 0.2) is 5.13 Å². The summed E-state index contributed by atoms with van der Waals surface area (Å²) < 4.78 is 10.1. The third-order valence-corrected chi connectivity index (χ3v) is 2.76. The first-order chi connectivity index (χ1) is 8.26. The van der Waals surface area contributed by atoms with Crippen LogP contribution in [0.5, 0.6) is 0 Å². The molecule has 96 valence electrons. The van der Waals surface area contributed by atoms with Crippen LogP contribution >= 0.6 is 11.3 Å². The van der Waals surface area contributed by atoms with Crippen molar-refractivity contribution in [3.05, 3.63) is 11.1 Å². The Morgan fingerprint density at radius 3 is 3.00 bits per heavy atom. The molecule has 1 rings (SSSR count). The molecule has 17 heavy (non-hydrogen) atoms. The van der Waals surface area contributed by atoms with Crippen molar-refractivity contribution in [3.63, 3.8) is 0 Å². The van der Waals surface area contributed by atoms with Crippen molar-refractivity contribution in [1.82, 2.24) is 4.98 Å². The SMILES string of the molecule is CCOCCNc1nc(CC(=O)OCC)cs1. The summed E-state index contributed by atoms with van der Waals surface area (Å²) in [5.41, 5.74) is 0.743. The minimum absolute atomic E-state index is 0.234. The van der Waals surface area contributed by atoms with Crippen LogP contribution in [0.15, 0.2) is 5.38 Å². The van der Waals surface area contributed by atoms with Gasteiger partial charge in [-0.15, -0.1) is 11.3 Å². The first-order valence-corrected chi connectivity index (χ1v) is 6.55. The molecular formula is C11H18N2O3S. The van der Waals surface area contributed by atoms with Gasteiger partial charge in [0.25, 0.3) is 0 Å². The van der Waals surface area contributed by atoms with Gasteiger partial charge in [-0.3, -0.25) is 4.79 Å². The monoisotopic (exact) mass is 258 g/mol. The number of nitrogens with zero attached hydrogens (tertiary/aromatic N) is 1. The summed E-state index contributed by atoms with van der Waals surface area (Å²) in [6, 6.07) is 0. The number of aromatic nitrogens is 1. The Hall–Kier alpha value is -1.14. The van der Waals surface area contributed by atoms with E-state index in [2.05, 4.69) is 10.3 Å². The average Bonchev–Trinajstić information content (AvgIpc) is 2.72. The summed E-state index contributed by atoms with van der Waals surface area (Å²) in [4.78, 5) is 15.5. The van der Waals surface area contributed by atoms with Crippen LogP contribution in [-0.4, -0.2) is 37.3 Å². The number of hydrogen-bond acceptors (Lipinski definition) is 6. The molecule has 0 bridgehead atoms. The van der Waals surface area contributed by atoms with E-state index < -0.39 is 0 Å². The molecule has 1 N–H and O–H groups in total. The zero-order valence-electron chi connectivity index (χ0n) is 10.2. The lowest BCUT2D eigenvalue weighted by Gasteiger charge is -2.02. The highest BCUT2D eigenvalue weighted by molar-refractivity contribution is 7.13. The fourth-order valence-corrected chi connectivity index (χ4v) is 1.94. The third kappa shape index (κ3) is 5.65. The van der Waals surface area contributed by atoms with Crippen LogP contribution in [0.3, 0.4) is 0 Å². The van der Waals surface area contributed by atoms with Crippen molar-refractivity contribution in [2.45, 2.75) is 20.3 Å². The number of anilines is 1. The van der Waals surface area contributed by atoms with Crippen LogP contribution in [-0.2, 0) is 20.7 Å². The molecule has 0 unspecified atom stereocenters. The Balaban J connectivity index is 2.29. The van der Waals surface area contributed by atoms with Crippen molar-refractivity contribution in [3.8, 4) is 0 Å². The van der Waals surface area contributed by atoms with Gasteiger partial charge in [0, 0.05) is 18.5 Å². The summed E-state index contributed by atoms with van der Waals surface area (Å²) in [5, 5.41) is 5.81. The fraction of sp³-hybridized carbons (Fsp3) is 0.636. The van der Waals surface area contributed by atoms with Crippen molar-refractivity contribution in [2.24, 2.45) is 0 Å². The van der Waals surface area contributed by atoms with E-state index >= 15 is 0 Å². The maximum atomic E-state index is 11.2. The normalized spacial score (nSPS) is 10.2. The highest BCUT2D eigenvalue weighted by Crippen LogP contribution is 2.15. The number of nitrogens with one attached hydrogen (secondary N) is 1. The quantitative estimate of drug-likeness (QED) is 0.568. The summed E-state index contributed by atoms with van der Waals surface area (Å²) in [5.74, 6) is -0.237. The van der Waals surface area contributed by atoms with Crippen LogP contribution in [0.4, 0.5) is 5.13 Å². The highest BCUT2D eigenvalue weighted by atomic mass is 32.1. The smallest absolute Gasteiger partial charge is 0.311 e. The standard InChI is InChI=1S/C11H18N2O3S/c1-3-15-6-5-12-11-13-9(8-17-11)7-10(14)16-4-2/h8H,3-7H2,1-2H3,(H,12,13). The molecule has 0 aliphatic heterocycles. The lowest BCUT2D eigenvalue weighted by Crippen LogP contribution is -2.10. The van der Waals surface area contributed by atoms with Gasteiger partial charge >= 0.3 is 5.97 Å². The van der Waals surface area contributed by atoms with Gasteiger partial charge in [0.05, 0.1) is 25.3 Å². The molecule has 0 saturated carbocycles. The first kappa shape index (κ1) is 13.9. The molecule has 1 aromatic heterocycles. The minimum Gasteiger partial charge on any atom is -0.466 e. The Morgan fingerprint density at radius 1 is 1.47 bits per heavy atom. The van der Waals surface area contributed by atoms with E-state index in [-0.39, 0.29) is 12.4 Å². The number of rotatable bonds is 8. The predicted molar refractivity (Wildman–Crippen MR) is 67.4 cm³/mol. The van der Waals surface area contributed by atoms with E-state index in [9.17, 15) is 4.79 Å². The Labute approximate surface area is 105 Å². The number of carbonyl (C=O) groups excluding carboxylic acids is 1. The molecular weight excluding hydrogens is 240 g/mol. The summed E-state index contributed by atoms with van der Waals surface area (Å²) in [7, 11) is 0. The van der Waals surface area contributed by atoms with Crippen LogP contribution in [0, 0.1) is 0 Å². The number of hydrogen-bond donors (Lipinski definition) is 1. The Bertz CT molecular complexity index is 341. The van der Waals surface area contributed by atoms with Crippen LogP contribution in [0.1, 0.15) is 19.5 Å². The average molecular weight is 258 g/mol. The van der Waals surface area contributed by atoms with Crippen molar-refractivity contribution in [2.75, 3.05) is 31.7 Å². The van der Waals surface area contributed by atoms with Crippen molar-refractivity contribution >= 4 is 22.4 Å². The summed E-state index contributed by atoms with van der Waals surface area (Å²) in [6.45, 7) is 6.25. The lowest BCUT2D eigenvalue weighted by molar-refractivity contribution is -0.142. The third-order valence-electron chi connectivity index (χ3n) is 1.91. The molecule has 1 aromatic rings. The van der Waals surface area contributed by atoms with E-state index in [1.165, 1.54) is 11.3 Å². The van der Waals surface area contributed by atoms with Crippen molar-refractivity contribution in [1.29, 1.82) is 0 Å². The second kappa shape index (κ2) is 8.03. The zero-order valence-corrected chi connectivity index (χ0v) is 11.0. The minimum atomic E-state index is -0.237. The maximum Gasteiger partial charge on any atom is 0.311 e. The van der Waals surface area contributed by atoms with E-state index in [0.29, 0.717) is 19.8 Å². The molecule has 0 fully saturated rings. The van der Waals surface area contributed by atoms with Gasteiger partial charge in [-0.05, 0) is 13.8 Å². The molecule has 0 aliphatic carbocycles.